The number of ether oxygens (including phenoxy) is 2. The lowest BCUT2D eigenvalue weighted by molar-refractivity contribution is 0.0992. The number of carbonyl (C=O) groups excluding carboxylic acids is 1. The van der Waals surface area contributed by atoms with E-state index in [2.05, 4.69) is 5.32 Å². The lowest BCUT2D eigenvalue weighted by atomic mass is 10.2. The summed E-state index contributed by atoms with van der Waals surface area (Å²) in [6.07, 6.45) is 0. The quantitative estimate of drug-likeness (QED) is 0.641. The number of hydrogen-bond donors (Lipinski definition) is 1. The molecule has 3 aromatic rings. The fourth-order valence-electron chi connectivity index (χ4n) is 2.27. The third-order valence-electron chi connectivity index (χ3n) is 3.61. The zero-order chi connectivity index (χ0) is 19.4. The van der Waals surface area contributed by atoms with E-state index in [-0.39, 0.29) is 12.4 Å². The van der Waals surface area contributed by atoms with Crippen molar-refractivity contribution in [3.8, 4) is 11.5 Å². The number of furan rings is 1. The van der Waals surface area contributed by atoms with E-state index in [1.54, 1.807) is 24.3 Å². The molecule has 0 aliphatic heterocycles. The van der Waals surface area contributed by atoms with Crippen molar-refractivity contribution in [2.24, 2.45) is 0 Å². The van der Waals surface area contributed by atoms with Crippen molar-refractivity contribution in [1.82, 2.24) is 0 Å². The maximum atomic E-state index is 13.6. The van der Waals surface area contributed by atoms with Crippen molar-refractivity contribution in [1.29, 1.82) is 0 Å². The Morgan fingerprint density at radius 3 is 2.48 bits per heavy atom. The largest absolute Gasteiger partial charge is 0.493 e. The maximum Gasteiger partial charge on any atom is 0.291 e. The van der Waals surface area contributed by atoms with Gasteiger partial charge in [-0.1, -0.05) is 12.1 Å². The molecular formula is C19H14F3NO4. The van der Waals surface area contributed by atoms with Crippen molar-refractivity contribution >= 4 is 11.6 Å². The number of anilines is 1. The van der Waals surface area contributed by atoms with Gasteiger partial charge in [-0.05, 0) is 36.4 Å². The molecule has 1 N–H and O–H groups in total. The summed E-state index contributed by atoms with van der Waals surface area (Å²) < 4.78 is 55.9. The Morgan fingerprint density at radius 1 is 1.00 bits per heavy atom. The first-order valence-electron chi connectivity index (χ1n) is 7.79. The van der Waals surface area contributed by atoms with Gasteiger partial charge in [0, 0.05) is 0 Å². The molecular weight excluding hydrogens is 363 g/mol. The minimum absolute atomic E-state index is 0.0210. The van der Waals surface area contributed by atoms with Gasteiger partial charge in [0.05, 0.1) is 12.8 Å². The topological polar surface area (TPSA) is 60.7 Å². The molecule has 0 atom stereocenters. The van der Waals surface area contributed by atoms with Gasteiger partial charge in [-0.3, -0.25) is 4.79 Å². The molecule has 0 spiro atoms. The van der Waals surface area contributed by atoms with Gasteiger partial charge in [-0.25, -0.2) is 13.2 Å². The molecule has 0 unspecified atom stereocenters. The van der Waals surface area contributed by atoms with Crippen LogP contribution in [-0.4, -0.2) is 13.0 Å². The van der Waals surface area contributed by atoms with Gasteiger partial charge in [0.15, 0.2) is 34.7 Å². The number of nitrogens with one attached hydrogen (secondary N) is 1. The van der Waals surface area contributed by atoms with E-state index in [1.165, 1.54) is 19.2 Å². The highest BCUT2D eigenvalue weighted by molar-refractivity contribution is 6.02. The van der Waals surface area contributed by atoms with Crippen LogP contribution in [0.1, 0.15) is 16.3 Å². The summed E-state index contributed by atoms with van der Waals surface area (Å²) in [6.45, 7) is 0.0210. The predicted octanol–water partition coefficient (Wildman–Crippen LogP) is 4.54. The second-order valence-corrected chi connectivity index (χ2v) is 5.38. The number of carbonyl (C=O) groups is 1. The number of hydrogen-bond acceptors (Lipinski definition) is 4. The lowest BCUT2D eigenvalue weighted by Gasteiger charge is -2.09. The smallest absolute Gasteiger partial charge is 0.291 e. The van der Waals surface area contributed by atoms with Crippen LogP contribution in [0.4, 0.5) is 18.9 Å². The van der Waals surface area contributed by atoms with E-state index in [9.17, 15) is 18.0 Å². The van der Waals surface area contributed by atoms with Crippen LogP contribution in [0.2, 0.25) is 0 Å². The molecule has 0 aliphatic carbocycles. The fourth-order valence-corrected chi connectivity index (χ4v) is 2.27. The highest BCUT2D eigenvalue weighted by atomic mass is 19.2. The highest BCUT2D eigenvalue weighted by Crippen LogP contribution is 2.27. The monoisotopic (exact) mass is 377 g/mol. The average molecular weight is 377 g/mol. The minimum Gasteiger partial charge on any atom is -0.493 e. The van der Waals surface area contributed by atoms with Gasteiger partial charge >= 0.3 is 0 Å². The Kier molecular flexibility index (Phi) is 5.35. The molecule has 1 amide bonds. The molecule has 0 saturated carbocycles. The second-order valence-electron chi connectivity index (χ2n) is 5.38. The summed E-state index contributed by atoms with van der Waals surface area (Å²) in [5, 5.41) is 2.12. The van der Waals surface area contributed by atoms with Crippen LogP contribution < -0.4 is 14.8 Å². The fraction of sp³-hybridized carbons (Fsp3) is 0.105. The molecule has 140 valence electrons. The lowest BCUT2D eigenvalue weighted by Crippen LogP contribution is -2.13. The first-order chi connectivity index (χ1) is 13.0. The van der Waals surface area contributed by atoms with E-state index in [1.807, 2.05) is 0 Å². The molecule has 1 aromatic heterocycles. The summed E-state index contributed by atoms with van der Waals surface area (Å²) in [5.41, 5.74) is -0.498. The van der Waals surface area contributed by atoms with Crippen molar-refractivity contribution in [3.63, 3.8) is 0 Å². The Balaban J connectivity index is 1.67. The number of amides is 1. The molecule has 2 aromatic carbocycles. The van der Waals surface area contributed by atoms with Gasteiger partial charge in [-0.2, -0.15) is 0 Å². The van der Waals surface area contributed by atoms with Crippen LogP contribution in [0, 0.1) is 17.5 Å². The third kappa shape index (κ3) is 4.05. The number of para-hydroxylation sites is 2. The van der Waals surface area contributed by atoms with Gasteiger partial charge in [0.2, 0.25) is 0 Å². The Labute approximate surface area is 152 Å². The minimum atomic E-state index is -1.67. The molecule has 8 heteroatoms. The van der Waals surface area contributed by atoms with E-state index in [0.717, 1.165) is 6.07 Å². The zero-order valence-corrected chi connectivity index (χ0v) is 14.1. The van der Waals surface area contributed by atoms with Gasteiger partial charge in [0.1, 0.15) is 12.4 Å². The Bertz CT molecular complexity index is 971. The third-order valence-corrected chi connectivity index (χ3v) is 3.61. The van der Waals surface area contributed by atoms with Crippen LogP contribution in [0.5, 0.6) is 11.5 Å². The van der Waals surface area contributed by atoms with Crippen LogP contribution in [0.15, 0.2) is 52.9 Å². The summed E-state index contributed by atoms with van der Waals surface area (Å²) >= 11 is 0. The van der Waals surface area contributed by atoms with Gasteiger partial charge < -0.3 is 19.2 Å². The number of rotatable bonds is 6. The predicted molar refractivity (Wildman–Crippen MR) is 90.3 cm³/mol. The summed E-state index contributed by atoms with van der Waals surface area (Å²) in [6, 6.07) is 11.5. The van der Waals surface area contributed by atoms with Crippen LogP contribution >= 0.6 is 0 Å². The number of halogens is 3. The van der Waals surface area contributed by atoms with E-state index in [0.29, 0.717) is 23.3 Å². The molecule has 0 saturated heterocycles. The molecule has 5 nitrogen and oxygen atoms in total. The average Bonchev–Trinajstić information content (AvgIpc) is 3.16. The first kappa shape index (κ1) is 18.4. The second kappa shape index (κ2) is 7.86. The molecule has 0 radical (unpaired) electrons. The van der Waals surface area contributed by atoms with Gasteiger partial charge in [0.25, 0.3) is 5.91 Å². The SMILES string of the molecule is COc1ccccc1OCc1ccc(C(=O)Nc2ccc(F)c(F)c2F)o1. The first-order valence-corrected chi connectivity index (χ1v) is 7.79. The molecule has 1 heterocycles. The standard InChI is InChI=1S/C19H14F3NO4/c1-25-14-4-2-3-5-15(14)26-10-11-6-9-16(27-11)19(24)23-13-8-7-12(20)17(21)18(13)22/h2-9H,10H2,1H3,(H,23,24). The van der Waals surface area contributed by atoms with Crippen molar-refractivity contribution < 1.29 is 31.9 Å². The van der Waals surface area contributed by atoms with E-state index in [4.69, 9.17) is 13.9 Å². The van der Waals surface area contributed by atoms with Crippen molar-refractivity contribution in [2.75, 3.05) is 12.4 Å². The molecule has 0 aliphatic rings. The van der Waals surface area contributed by atoms with E-state index < -0.39 is 29.0 Å². The number of methoxy groups -OCH3 is 1. The molecule has 3 rings (SSSR count). The highest BCUT2D eigenvalue weighted by Gasteiger charge is 2.18. The summed E-state index contributed by atoms with van der Waals surface area (Å²) in [7, 11) is 1.51. The molecule has 27 heavy (non-hydrogen) atoms. The molecule has 0 bridgehead atoms. The Morgan fingerprint density at radius 2 is 1.74 bits per heavy atom. The van der Waals surface area contributed by atoms with Gasteiger partial charge in [-0.15, -0.1) is 0 Å². The van der Waals surface area contributed by atoms with Crippen molar-refractivity contribution in [2.45, 2.75) is 6.61 Å². The van der Waals surface area contributed by atoms with Crippen molar-refractivity contribution in [3.05, 3.63) is 77.5 Å². The normalized spacial score (nSPS) is 10.5. The summed E-state index contributed by atoms with van der Waals surface area (Å²) in [4.78, 5) is 12.1. The van der Waals surface area contributed by atoms with Crippen LogP contribution in [-0.2, 0) is 6.61 Å². The summed E-state index contributed by atoms with van der Waals surface area (Å²) in [5.74, 6) is -4.10. The number of benzene rings is 2. The molecule has 0 fully saturated rings. The zero-order valence-electron chi connectivity index (χ0n) is 14.1. The van der Waals surface area contributed by atoms with Crippen LogP contribution in [0.25, 0.3) is 0 Å². The van der Waals surface area contributed by atoms with E-state index >= 15 is 0 Å². The van der Waals surface area contributed by atoms with Crippen LogP contribution in [0.3, 0.4) is 0 Å². The maximum absolute atomic E-state index is 13.6. The Hall–Kier alpha value is -3.42.